The predicted octanol–water partition coefficient (Wildman–Crippen LogP) is 3.24. The minimum absolute atomic E-state index is 0.0507. The third kappa shape index (κ3) is 5.24. The number of unbranched alkanes of at least 4 members (excludes halogenated alkanes) is 1. The molecular weight excluding hydrogens is 308 g/mol. The van der Waals surface area contributed by atoms with Gasteiger partial charge in [-0.15, -0.1) is 0 Å². The third-order valence-electron chi connectivity index (χ3n) is 2.27. The lowest BCUT2D eigenvalue weighted by molar-refractivity contribution is 0.0681. The number of imidazole rings is 1. The highest BCUT2D eigenvalue weighted by Crippen LogP contribution is 2.12. The number of carboxylic acids is 2. The Bertz CT molecular complexity index is 691. The summed E-state index contributed by atoms with van der Waals surface area (Å²) in [5.74, 6) is -3.37. The molecule has 0 aliphatic rings. The summed E-state index contributed by atoms with van der Waals surface area (Å²) in [7, 11) is 0. The van der Waals surface area contributed by atoms with E-state index in [2.05, 4.69) is 33.8 Å². The Morgan fingerprint density at radius 2 is 1.59 bits per heavy atom. The van der Waals surface area contributed by atoms with Gasteiger partial charge in [0, 0.05) is 0 Å². The van der Waals surface area contributed by atoms with Gasteiger partial charge in [-0.3, -0.25) is 0 Å². The van der Waals surface area contributed by atoms with Crippen molar-refractivity contribution in [1.29, 1.82) is 0 Å². The van der Waals surface area contributed by atoms with Crippen molar-refractivity contribution >= 4 is 35.3 Å². The molecule has 122 valence electrons. The van der Waals surface area contributed by atoms with Crippen LogP contribution in [0.4, 0.5) is 0 Å². The number of carboxylic acid groups (broad SMARTS) is 2. The second kappa shape index (κ2) is 9.61. The molecule has 0 aliphatic carbocycles. The number of hydrogen-bond acceptors (Lipinski definition) is 5. The van der Waals surface area contributed by atoms with Crippen LogP contribution in [0.5, 0.6) is 0 Å². The molecule has 0 unspecified atom stereocenters. The van der Waals surface area contributed by atoms with Crippen LogP contribution in [0.15, 0.2) is 0 Å². The van der Waals surface area contributed by atoms with Gasteiger partial charge < -0.3 is 20.2 Å². The Hall–Kier alpha value is -2.29. The first kappa shape index (κ1) is 19.7. The molecule has 8 nitrogen and oxygen atoms in total. The highest BCUT2D eigenvalue weighted by atomic mass is 32.1. The molecule has 0 saturated heterocycles. The summed E-state index contributed by atoms with van der Waals surface area (Å²) >= 11 is 4.75. The van der Waals surface area contributed by atoms with Gasteiger partial charge >= 0.3 is 11.9 Å². The summed E-state index contributed by atoms with van der Waals surface area (Å²) in [5, 5.41) is 17.5. The number of rotatable bonds is 3. The standard InChI is InChI=1S/C7H4N4O4S.C4H10.C2H6/c12-5(13)2-1-3(11-7(16)9-1)10-4(8-2)6(14)15;1-3-4-2;1-2/h(H,12,13)(H,14,15)(H2,8,9,10,11,16);3-4H2,1-2H3;1-2H3. The SMILES string of the molecule is CC.CCCC.O=C(O)c1nc(C(=O)O)c2[nH]c(=S)[nH]c2n1. The van der Waals surface area contributed by atoms with E-state index in [1.165, 1.54) is 12.8 Å². The molecule has 0 atom stereocenters. The molecule has 2 heterocycles. The van der Waals surface area contributed by atoms with Crippen molar-refractivity contribution in [3.63, 3.8) is 0 Å². The van der Waals surface area contributed by atoms with E-state index in [-0.39, 0.29) is 15.9 Å². The van der Waals surface area contributed by atoms with Crippen LogP contribution >= 0.6 is 12.2 Å². The number of hydrogen-bond donors (Lipinski definition) is 4. The highest BCUT2D eigenvalue weighted by molar-refractivity contribution is 7.71. The van der Waals surface area contributed by atoms with E-state index in [4.69, 9.17) is 22.4 Å². The van der Waals surface area contributed by atoms with Crippen molar-refractivity contribution in [1.82, 2.24) is 19.9 Å². The topological polar surface area (TPSA) is 132 Å². The zero-order valence-corrected chi connectivity index (χ0v) is 13.7. The number of aromatic nitrogens is 4. The van der Waals surface area contributed by atoms with Crippen LogP contribution < -0.4 is 0 Å². The summed E-state index contributed by atoms with van der Waals surface area (Å²) in [6.45, 7) is 8.36. The van der Waals surface area contributed by atoms with Gasteiger partial charge in [0.25, 0.3) is 0 Å². The molecule has 0 bridgehead atoms. The Labute approximate surface area is 132 Å². The molecule has 0 aliphatic heterocycles. The average Bonchev–Trinajstić information content (AvgIpc) is 2.88. The van der Waals surface area contributed by atoms with Gasteiger partial charge in [-0.2, -0.15) is 0 Å². The van der Waals surface area contributed by atoms with Crippen LogP contribution in [0.1, 0.15) is 61.6 Å². The number of carbonyl (C=O) groups is 2. The van der Waals surface area contributed by atoms with Crippen molar-refractivity contribution in [3.05, 3.63) is 16.3 Å². The normalized spacial score (nSPS) is 9.27. The van der Waals surface area contributed by atoms with E-state index >= 15 is 0 Å². The van der Waals surface area contributed by atoms with Gasteiger partial charge in [0.05, 0.1) is 0 Å². The van der Waals surface area contributed by atoms with Crippen LogP contribution in [-0.2, 0) is 0 Å². The molecule has 0 saturated carbocycles. The van der Waals surface area contributed by atoms with E-state index < -0.39 is 23.5 Å². The summed E-state index contributed by atoms with van der Waals surface area (Å²) in [6.07, 6.45) is 2.64. The molecule has 9 heteroatoms. The molecular formula is C13H20N4O4S. The number of H-pyrrole nitrogens is 2. The molecule has 0 spiro atoms. The molecule has 2 aromatic rings. The predicted molar refractivity (Wildman–Crippen MR) is 84.9 cm³/mol. The average molecular weight is 328 g/mol. The van der Waals surface area contributed by atoms with Crippen molar-refractivity contribution in [3.8, 4) is 0 Å². The molecule has 0 aromatic carbocycles. The maximum atomic E-state index is 10.8. The second-order valence-electron chi connectivity index (χ2n) is 3.81. The zero-order valence-electron chi connectivity index (χ0n) is 12.9. The molecule has 2 rings (SSSR count). The minimum atomic E-state index is -1.41. The molecule has 4 N–H and O–H groups in total. The van der Waals surface area contributed by atoms with Crippen molar-refractivity contribution in [2.45, 2.75) is 40.5 Å². The first-order chi connectivity index (χ1) is 10.4. The van der Waals surface area contributed by atoms with Gasteiger partial charge in [0.15, 0.2) is 16.1 Å². The van der Waals surface area contributed by atoms with Crippen molar-refractivity contribution in [2.75, 3.05) is 0 Å². The van der Waals surface area contributed by atoms with E-state index in [9.17, 15) is 9.59 Å². The van der Waals surface area contributed by atoms with Gasteiger partial charge in [0.1, 0.15) is 5.52 Å². The first-order valence-corrected chi connectivity index (χ1v) is 7.28. The number of nitrogens with one attached hydrogen (secondary N) is 2. The van der Waals surface area contributed by atoms with E-state index in [1.807, 2.05) is 13.8 Å². The second-order valence-corrected chi connectivity index (χ2v) is 4.22. The molecule has 0 fully saturated rings. The number of fused-ring (bicyclic) bond motifs is 1. The third-order valence-corrected chi connectivity index (χ3v) is 2.48. The molecule has 0 radical (unpaired) electrons. The maximum absolute atomic E-state index is 10.8. The Balaban J connectivity index is 0.000000640. The van der Waals surface area contributed by atoms with Gasteiger partial charge in [0.2, 0.25) is 5.82 Å². The number of aromatic amines is 2. The fraction of sp³-hybridized carbons (Fsp3) is 0.462. The van der Waals surface area contributed by atoms with Crippen molar-refractivity contribution < 1.29 is 19.8 Å². The van der Waals surface area contributed by atoms with Crippen LogP contribution in [0.2, 0.25) is 0 Å². The lowest BCUT2D eigenvalue weighted by Crippen LogP contribution is -2.10. The Kier molecular flexibility index (Phi) is 8.61. The lowest BCUT2D eigenvalue weighted by Gasteiger charge is -1.97. The summed E-state index contributed by atoms with van der Waals surface area (Å²) in [4.78, 5) is 33.6. The fourth-order valence-corrected chi connectivity index (χ4v) is 1.37. The summed E-state index contributed by atoms with van der Waals surface area (Å²) in [5.41, 5.74) is -0.313. The number of aromatic carboxylic acids is 2. The van der Waals surface area contributed by atoms with E-state index in [0.29, 0.717) is 0 Å². The lowest BCUT2D eigenvalue weighted by atomic mass is 10.3. The molecule has 2 aromatic heterocycles. The Morgan fingerprint density at radius 3 is 2.00 bits per heavy atom. The minimum Gasteiger partial charge on any atom is -0.476 e. The van der Waals surface area contributed by atoms with Crippen molar-refractivity contribution in [2.24, 2.45) is 0 Å². The van der Waals surface area contributed by atoms with Crippen LogP contribution in [0.3, 0.4) is 0 Å². The zero-order chi connectivity index (χ0) is 17.3. The first-order valence-electron chi connectivity index (χ1n) is 6.87. The molecule has 22 heavy (non-hydrogen) atoms. The van der Waals surface area contributed by atoms with Gasteiger partial charge in [-0.25, -0.2) is 19.6 Å². The fourth-order valence-electron chi connectivity index (χ4n) is 1.17. The molecule has 0 amide bonds. The maximum Gasteiger partial charge on any atom is 0.374 e. The highest BCUT2D eigenvalue weighted by Gasteiger charge is 2.18. The quantitative estimate of drug-likeness (QED) is 0.636. The monoisotopic (exact) mass is 328 g/mol. The van der Waals surface area contributed by atoms with E-state index in [1.54, 1.807) is 0 Å². The van der Waals surface area contributed by atoms with E-state index in [0.717, 1.165) is 0 Å². The summed E-state index contributed by atoms with van der Waals surface area (Å²) in [6, 6.07) is 0. The van der Waals surface area contributed by atoms with Gasteiger partial charge in [-0.1, -0.05) is 40.5 Å². The Morgan fingerprint density at radius 1 is 1.05 bits per heavy atom. The van der Waals surface area contributed by atoms with Crippen LogP contribution in [0, 0.1) is 4.77 Å². The number of nitrogens with zero attached hydrogens (tertiary/aromatic N) is 2. The smallest absolute Gasteiger partial charge is 0.374 e. The largest absolute Gasteiger partial charge is 0.476 e. The van der Waals surface area contributed by atoms with Gasteiger partial charge in [-0.05, 0) is 12.2 Å². The van der Waals surface area contributed by atoms with Crippen LogP contribution in [-0.4, -0.2) is 42.1 Å². The van der Waals surface area contributed by atoms with Crippen LogP contribution in [0.25, 0.3) is 11.2 Å². The summed E-state index contributed by atoms with van der Waals surface area (Å²) < 4.78 is 0.148.